The number of rotatable bonds is 6. The predicted molar refractivity (Wildman–Crippen MR) is 76.3 cm³/mol. The Morgan fingerprint density at radius 2 is 2.05 bits per heavy atom. The van der Waals surface area contributed by atoms with Crippen molar-refractivity contribution in [2.75, 3.05) is 32.9 Å². The van der Waals surface area contributed by atoms with Crippen molar-refractivity contribution in [2.45, 2.75) is 13.3 Å². The van der Waals surface area contributed by atoms with Crippen LogP contribution in [-0.2, 0) is 9.53 Å². The van der Waals surface area contributed by atoms with Crippen molar-refractivity contribution >= 4 is 5.91 Å². The van der Waals surface area contributed by atoms with Gasteiger partial charge in [0.2, 0.25) is 5.91 Å². The minimum atomic E-state index is -0.0680. The summed E-state index contributed by atoms with van der Waals surface area (Å²) in [6.07, 6.45) is 0.699. The molecule has 1 aromatic rings. The van der Waals surface area contributed by atoms with Crippen LogP contribution >= 0.6 is 0 Å². The third-order valence-electron chi connectivity index (χ3n) is 3.29. The Kier molecular flexibility index (Phi) is 5.83. The molecule has 1 heterocycles. The van der Waals surface area contributed by atoms with E-state index >= 15 is 0 Å². The highest BCUT2D eigenvalue weighted by atomic mass is 16.5. The quantitative estimate of drug-likeness (QED) is 0.856. The van der Waals surface area contributed by atoms with Gasteiger partial charge >= 0.3 is 0 Å². The maximum atomic E-state index is 12.0. The third kappa shape index (κ3) is 4.83. The second kappa shape index (κ2) is 7.87. The van der Waals surface area contributed by atoms with Gasteiger partial charge in [0.25, 0.3) is 0 Å². The fraction of sp³-hybridized carbons (Fsp3) is 0.533. The number of carbonyl (C=O) groups is 1. The van der Waals surface area contributed by atoms with E-state index in [1.807, 2.05) is 42.3 Å². The van der Waals surface area contributed by atoms with E-state index in [1.165, 1.54) is 0 Å². The number of ether oxygens (including phenoxy) is 2. The van der Waals surface area contributed by atoms with E-state index in [9.17, 15) is 4.79 Å². The number of hydrazine groups is 1. The molecule has 1 saturated heterocycles. The minimum absolute atomic E-state index is 0.0450. The number of para-hydroxylation sites is 1. The number of hydrogen-bond acceptors (Lipinski definition) is 4. The average molecular weight is 278 g/mol. The van der Waals surface area contributed by atoms with Crippen LogP contribution in [0.15, 0.2) is 30.3 Å². The van der Waals surface area contributed by atoms with Crippen molar-refractivity contribution < 1.29 is 14.3 Å². The molecule has 5 nitrogen and oxygen atoms in total. The molecule has 0 aliphatic carbocycles. The molecule has 110 valence electrons. The Morgan fingerprint density at radius 1 is 1.35 bits per heavy atom. The van der Waals surface area contributed by atoms with Crippen LogP contribution in [0.1, 0.15) is 13.3 Å². The van der Waals surface area contributed by atoms with E-state index in [-0.39, 0.29) is 11.8 Å². The van der Waals surface area contributed by atoms with E-state index in [0.29, 0.717) is 26.2 Å². The molecule has 5 heteroatoms. The topological polar surface area (TPSA) is 50.8 Å². The summed E-state index contributed by atoms with van der Waals surface area (Å²) in [5.74, 6) is 0.818. The molecule has 1 atom stereocenters. The number of hydrogen-bond donors (Lipinski definition) is 1. The normalized spacial score (nSPS) is 17.4. The predicted octanol–water partition coefficient (Wildman–Crippen LogP) is 1.45. The summed E-state index contributed by atoms with van der Waals surface area (Å²) in [4.78, 5) is 12.0. The van der Waals surface area contributed by atoms with Crippen LogP contribution in [0.4, 0.5) is 0 Å². The molecule has 2 rings (SSSR count). The van der Waals surface area contributed by atoms with Crippen molar-refractivity contribution in [1.29, 1.82) is 0 Å². The number of amides is 1. The SMILES string of the molecule is C[C@H](CCOc1ccccc1)C(=O)NN1CCOCC1. The lowest BCUT2D eigenvalue weighted by molar-refractivity contribution is -0.131. The Hall–Kier alpha value is -1.59. The Morgan fingerprint density at radius 3 is 2.75 bits per heavy atom. The molecule has 0 bridgehead atoms. The lowest BCUT2D eigenvalue weighted by atomic mass is 10.1. The van der Waals surface area contributed by atoms with E-state index in [4.69, 9.17) is 9.47 Å². The highest BCUT2D eigenvalue weighted by Gasteiger charge is 2.17. The van der Waals surface area contributed by atoms with Gasteiger partial charge in [-0.25, -0.2) is 5.01 Å². The zero-order valence-electron chi connectivity index (χ0n) is 11.9. The third-order valence-corrected chi connectivity index (χ3v) is 3.29. The molecule has 1 aliphatic heterocycles. The fourth-order valence-electron chi connectivity index (χ4n) is 1.94. The number of carbonyl (C=O) groups excluding carboxylic acids is 1. The highest BCUT2D eigenvalue weighted by molar-refractivity contribution is 5.77. The van der Waals surface area contributed by atoms with Crippen molar-refractivity contribution in [3.8, 4) is 5.75 Å². The van der Waals surface area contributed by atoms with Gasteiger partial charge in [0.1, 0.15) is 5.75 Å². The summed E-state index contributed by atoms with van der Waals surface area (Å²) in [7, 11) is 0. The molecule has 0 spiro atoms. The minimum Gasteiger partial charge on any atom is -0.494 e. The van der Waals surface area contributed by atoms with Crippen molar-refractivity contribution in [3.63, 3.8) is 0 Å². The summed E-state index contributed by atoms with van der Waals surface area (Å²) >= 11 is 0. The molecule has 0 unspecified atom stereocenters. The van der Waals surface area contributed by atoms with E-state index in [2.05, 4.69) is 5.43 Å². The van der Waals surface area contributed by atoms with Crippen molar-refractivity contribution in [1.82, 2.24) is 10.4 Å². The van der Waals surface area contributed by atoms with Crippen molar-refractivity contribution in [3.05, 3.63) is 30.3 Å². The molecule has 1 fully saturated rings. The molecular weight excluding hydrogens is 256 g/mol. The molecule has 1 N–H and O–H groups in total. The van der Waals surface area contributed by atoms with Gasteiger partial charge in [0, 0.05) is 19.0 Å². The second-order valence-electron chi connectivity index (χ2n) is 4.93. The van der Waals surface area contributed by atoms with Gasteiger partial charge in [-0.2, -0.15) is 0 Å². The first-order valence-electron chi connectivity index (χ1n) is 7.07. The van der Waals surface area contributed by atoms with Crippen LogP contribution in [-0.4, -0.2) is 43.8 Å². The van der Waals surface area contributed by atoms with Gasteiger partial charge in [-0.1, -0.05) is 25.1 Å². The zero-order valence-corrected chi connectivity index (χ0v) is 11.9. The average Bonchev–Trinajstić information content (AvgIpc) is 2.49. The summed E-state index contributed by atoms with van der Waals surface area (Å²) in [5, 5.41) is 1.92. The number of morpholine rings is 1. The first-order chi connectivity index (χ1) is 9.75. The Labute approximate surface area is 119 Å². The lowest BCUT2D eigenvalue weighted by Crippen LogP contribution is -2.49. The molecular formula is C15H22N2O3. The Bertz CT molecular complexity index is 405. The lowest BCUT2D eigenvalue weighted by Gasteiger charge is -2.28. The van der Waals surface area contributed by atoms with Gasteiger partial charge in [-0.3, -0.25) is 10.2 Å². The second-order valence-corrected chi connectivity index (χ2v) is 4.93. The maximum Gasteiger partial charge on any atom is 0.237 e. The first-order valence-corrected chi connectivity index (χ1v) is 7.07. The zero-order chi connectivity index (χ0) is 14.2. The smallest absolute Gasteiger partial charge is 0.237 e. The largest absolute Gasteiger partial charge is 0.494 e. The van der Waals surface area contributed by atoms with Gasteiger partial charge in [0.05, 0.1) is 19.8 Å². The first kappa shape index (κ1) is 14.8. The molecule has 1 aromatic carbocycles. The highest BCUT2D eigenvalue weighted by Crippen LogP contribution is 2.10. The van der Waals surface area contributed by atoms with Crippen LogP contribution in [0.3, 0.4) is 0 Å². The molecule has 0 saturated carbocycles. The molecule has 20 heavy (non-hydrogen) atoms. The molecule has 0 aromatic heterocycles. The molecule has 0 radical (unpaired) electrons. The molecule has 1 aliphatic rings. The summed E-state index contributed by atoms with van der Waals surface area (Å²) in [6.45, 7) is 5.31. The maximum absolute atomic E-state index is 12.0. The van der Waals surface area contributed by atoms with Gasteiger partial charge in [0.15, 0.2) is 0 Å². The number of benzene rings is 1. The van der Waals surface area contributed by atoms with Crippen LogP contribution in [0.2, 0.25) is 0 Å². The van der Waals surface area contributed by atoms with Gasteiger partial charge in [-0.15, -0.1) is 0 Å². The fourth-order valence-corrected chi connectivity index (χ4v) is 1.94. The van der Waals surface area contributed by atoms with Gasteiger partial charge < -0.3 is 9.47 Å². The summed E-state index contributed by atoms with van der Waals surface area (Å²) in [6, 6.07) is 9.65. The standard InChI is InChI=1S/C15H22N2O3/c1-13(7-10-20-14-5-3-2-4-6-14)15(18)16-17-8-11-19-12-9-17/h2-6,13H,7-12H2,1H3,(H,16,18)/t13-/m1/s1. The van der Waals surface area contributed by atoms with E-state index in [1.54, 1.807) is 0 Å². The van der Waals surface area contributed by atoms with E-state index in [0.717, 1.165) is 18.8 Å². The van der Waals surface area contributed by atoms with Gasteiger partial charge in [-0.05, 0) is 18.6 Å². The van der Waals surface area contributed by atoms with Crippen LogP contribution in [0.5, 0.6) is 5.75 Å². The summed E-state index contributed by atoms with van der Waals surface area (Å²) < 4.78 is 10.8. The number of nitrogens with zero attached hydrogens (tertiary/aromatic N) is 1. The summed E-state index contributed by atoms with van der Waals surface area (Å²) in [5.41, 5.74) is 2.93. The molecule has 1 amide bonds. The van der Waals surface area contributed by atoms with Crippen LogP contribution in [0, 0.1) is 5.92 Å². The van der Waals surface area contributed by atoms with Crippen LogP contribution in [0.25, 0.3) is 0 Å². The monoisotopic (exact) mass is 278 g/mol. The Balaban J connectivity index is 1.65. The number of nitrogens with one attached hydrogen (secondary N) is 1. The van der Waals surface area contributed by atoms with E-state index < -0.39 is 0 Å². The van der Waals surface area contributed by atoms with Crippen LogP contribution < -0.4 is 10.2 Å². The van der Waals surface area contributed by atoms with Crippen molar-refractivity contribution in [2.24, 2.45) is 5.92 Å².